The molecule has 0 spiro atoms. The van der Waals surface area contributed by atoms with Gasteiger partial charge in [-0.25, -0.2) is 0 Å². The number of anilines is 2. The number of methoxy groups -OCH3 is 2. The molecule has 6 nitrogen and oxygen atoms in total. The molecule has 0 saturated heterocycles. The summed E-state index contributed by atoms with van der Waals surface area (Å²) in [4.78, 5) is 25.3. The van der Waals surface area contributed by atoms with Crippen molar-refractivity contribution in [1.29, 1.82) is 0 Å². The van der Waals surface area contributed by atoms with Crippen molar-refractivity contribution in [3.8, 4) is 5.75 Å². The molecule has 0 fully saturated rings. The molecule has 2 N–H and O–H groups in total. The Labute approximate surface area is 199 Å². The molecule has 2 aromatic carbocycles. The van der Waals surface area contributed by atoms with Crippen LogP contribution < -0.4 is 15.4 Å². The van der Waals surface area contributed by atoms with E-state index < -0.39 is 29.5 Å². The van der Waals surface area contributed by atoms with Crippen molar-refractivity contribution in [3.63, 3.8) is 0 Å². The molecule has 0 radical (unpaired) electrons. The summed E-state index contributed by atoms with van der Waals surface area (Å²) in [5.74, 6) is -2.10. The Morgan fingerprint density at radius 1 is 1.12 bits per heavy atom. The number of hydrogen-bond acceptors (Lipinski definition) is 5. The molecule has 1 amide bonds. The van der Waals surface area contributed by atoms with Crippen molar-refractivity contribution in [2.75, 3.05) is 31.4 Å². The lowest BCUT2D eigenvalue weighted by Gasteiger charge is -2.19. The van der Waals surface area contributed by atoms with Crippen molar-refractivity contribution < 1.29 is 32.2 Å². The van der Waals surface area contributed by atoms with E-state index in [1.54, 1.807) is 14.0 Å². The SMILES string of the molecule is CCNc1ccc(C(F)(F)F)cc1NC(=O)C(CCc1cc(OC)c(C)cc1Br)C(=O)OC. The molecule has 0 aromatic heterocycles. The number of carbonyl (C=O) groups excluding carboxylic acids is 2. The van der Waals surface area contributed by atoms with Gasteiger partial charge in [0.1, 0.15) is 11.7 Å². The van der Waals surface area contributed by atoms with Crippen LogP contribution in [0, 0.1) is 12.8 Å². The van der Waals surface area contributed by atoms with Crippen molar-refractivity contribution >= 4 is 39.2 Å². The molecule has 33 heavy (non-hydrogen) atoms. The standard InChI is InChI=1S/C23H26BrF3N2O4/c1-5-28-18-9-7-15(23(25,26)27)12-19(18)29-21(30)16(22(31)33-4)8-6-14-11-20(32-3)13(2)10-17(14)24/h7,9-12,16,28H,5-6,8H2,1-4H3,(H,29,30). The number of carbonyl (C=O) groups is 2. The van der Waals surface area contributed by atoms with Gasteiger partial charge in [-0.05, 0) is 68.1 Å². The van der Waals surface area contributed by atoms with E-state index in [1.807, 2.05) is 19.1 Å². The Balaban J connectivity index is 2.29. The van der Waals surface area contributed by atoms with Crippen molar-refractivity contribution in [2.24, 2.45) is 5.92 Å². The maximum atomic E-state index is 13.2. The molecule has 1 unspecified atom stereocenters. The molecule has 1 atom stereocenters. The van der Waals surface area contributed by atoms with Crippen LogP contribution in [-0.2, 0) is 26.9 Å². The molecule has 2 rings (SSSR count). The van der Waals surface area contributed by atoms with Crippen LogP contribution in [0.1, 0.15) is 30.0 Å². The molecule has 180 valence electrons. The maximum absolute atomic E-state index is 13.2. The highest BCUT2D eigenvalue weighted by Crippen LogP contribution is 2.34. The summed E-state index contributed by atoms with van der Waals surface area (Å²) < 4.78 is 50.4. The predicted molar refractivity (Wildman–Crippen MR) is 123 cm³/mol. The summed E-state index contributed by atoms with van der Waals surface area (Å²) in [6, 6.07) is 6.68. The van der Waals surface area contributed by atoms with E-state index in [2.05, 4.69) is 26.6 Å². The zero-order valence-electron chi connectivity index (χ0n) is 18.7. The first-order chi connectivity index (χ1) is 15.5. The van der Waals surface area contributed by atoms with Crippen LogP contribution in [-0.4, -0.2) is 32.6 Å². The fourth-order valence-electron chi connectivity index (χ4n) is 3.29. The molecule has 0 aliphatic heterocycles. The monoisotopic (exact) mass is 530 g/mol. The number of esters is 1. The number of aryl methyl sites for hydroxylation is 2. The van der Waals surface area contributed by atoms with E-state index >= 15 is 0 Å². The highest BCUT2D eigenvalue weighted by molar-refractivity contribution is 9.10. The topological polar surface area (TPSA) is 76.7 Å². The predicted octanol–water partition coefficient (Wildman–Crippen LogP) is 5.58. The van der Waals surface area contributed by atoms with Gasteiger partial charge < -0.3 is 20.1 Å². The average molecular weight is 531 g/mol. The molecule has 10 heteroatoms. The van der Waals surface area contributed by atoms with Gasteiger partial charge in [-0.15, -0.1) is 0 Å². The second kappa shape index (κ2) is 11.4. The normalized spacial score (nSPS) is 12.1. The van der Waals surface area contributed by atoms with Gasteiger partial charge in [0, 0.05) is 11.0 Å². The first-order valence-electron chi connectivity index (χ1n) is 10.2. The van der Waals surface area contributed by atoms with Gasteiger partial charge in [-0.2, -0.15) is 13.2 Å². The largest absolute Gasteiger partial charge is 0.496 e. The Kier molecular flexibility index (Phi) is 9.16. The zero-order chi connectivity index (χ0) is 24.8. The first-order valence-corrected chi connectivity index (χ1v) is 11.0. The highest BCUT2D eigenvalue weighted by Gasteiger charge is 2.32. The van der Waals surface area contributed by atoms with E-state index in [4.69, 9.17) is 9.47 Å². The summed E-state index contributed by atoms with van der Waals surface area (Å²) in [5, 5.41) is 5.37. The average Bonchev–Trinajstić information content (AvgIpc) is 2.75. The highest BCUT2D eigenvalue weighted by atomic mass is 79.9. The Morgan fingerprint density at radius 2 is 1.82 bits per heavy atom. The molecule has 0 heterocycles. The van der Waals surface area contributed by atoms with E-state index in [1.165, 1.54) is 6.07 Å². The number of alkyl halides is 3. The van der Waals surface area contributed by atoms with Crippen LogP contribution in [0.2, 0.25) is 0 Å². The van der Waals surface area contributed by atoms with Crippen molar-refractivity contribution in [2.45, 2.75) is 32.9 Å². The van der Waals surface area contributed by atoms with Crippen LogP contribution >= 0.6 is 15.9 Å². The fourth-order valence-corrected chi connectivity index (χ4v) is 3.95. The number of rotatable bonds is 9. The van der Waals surface area contributed by atoms with E-state index in [0.29, 0.717) is 24.4 Å². The quantitative estimate of drug-likeness (QED) is 0.327. The fraction of sp³-hybridized carbons (Fsp3) is 0.391. The summed E-state index contributed by atoms with van der Waals surface area (Å²) in [6.07, 6.45) is -4.17. The first kappa shape index (κ1) is 26.5. The lowest BCUT2D eigenvalue weighted by molar-refractivity contribution is -0.149. The summed E-state index contributed by atoms with van der Waals surface area (Å²) in [7, 11) is 2.70. The molecular formula is C23H26BrF3N2O4. The maximum Gasteiger partial charge on any atom is 0.416 e. The molecule has 2 aromatic rings. The summed E-state index contributed by atoms with van der Waals surface area (Å²) in [5.41, 5.74) is 1.06. The molecule has 0 aliphatic carbocycles. The van der Waals surface area contributed by atoms with Crippen LogP contribution in [0.5, 0.6) is 5.75 Å². The van der Waals surface area contributed by atoms with Crippen LogP contribution in [0.15, 0.2) is 34.8 Å². The van der Waals surface area contributed by atoms with Gasteiger partial charge in [-0.1, -0.05) is 15.9 Å². The summed E-state index contributed by atoms with van der Waals surface area (Å²) in [6.45, 7) is 4.08. The number of benzene rings is 2. The third-order valence-corrected chi connectivity index (χ3v) is 5.78. The Bertz CT molecular complexity index is 1010. The zero-order valence-corrected chi connectivity index (χ0v) is 20.3. The second-order valence-corrected chi connectivity index (χ2v) is 8.16. The van der Waals surface area contributed by atoms with Gasteiger partial charge in [0.25, 0.3) is 0 Å². The third-order valence-electron chi connectivity index (χ3n) is 5.04. The van der Waals surface area contributed by atoms with Gasteiger partial charge in [0.15, 0.2) is 0 Å². The van der Waals surface area contributed by atoms with Crippen molar-refractivity contribution in [3.05, 3.63) is 51.5 Å². The molecular weight excluding hydrogens is 505 g/mol. The Hall–Kier alpha value is -2.75. The lowest BCUT2D eigenvalue weighted by atomic mass is 9.97. The smallest absolute Gasteiger partial charge is 0.416 e. The second-order valence-electron chi connectivity index (χ2n) is 7.31. The van der Waals surface area contributed by atoms with Gasteiger partial charge >= 0.3 is 12.1 Å². The summed E-state index contributed by atoms with van der Waals surface area (Å²) >= 11 is 3.47. The van der Waals surface area contributed by atoms with E-state index in [-0.39, 0.29) is 12.1 Å². The van der Waals surface area contributed by atoms with Gasteiger partial charge in [-0.3, -0.25) is 9.59 Å². The number of ether oxygens (including phenoxy) is 2. The van der Waals surface area contributed by atoms with Crippen molar-refractivity contribution in [1.82, 2.24) is 0 Å². The Morgan fingerprint density at radius 3 is 2.39 bits per heavy atom. The molecule has 0 bridgehead atoms. The number of nitrogens with one attached hydrogen (secondary N) is 2. The van der Waals surface area contributed by atoms with Crippen LogP contribution in [0.25, 0.3) is 0 Å². The minimum atomic E-state index is -4.58. The number of amides is 1. The molecule has 0 saturated carbocycles. The minimum absolute atomic E-state index is 0.0660. The lowest BCUT2D eigenvalue weighted by Crippen LogP contribution is -2.31. The molecule has 0 aliphatic rings. The van der Waals surface area contributed by atoms with Gasteiger partial charge in [0.05, 0.1) is 31.2 Å². The minimum Gasteiger partial charge on any atom is -0.496 e. The van der Waals surface area contributed by atoms with E-state index in [9.17, 15) is 22.8 Å². The van der Waals surface area contributed by atoms with E-state index in [0.717, 1.165) is 34.8 Å². The van der Waals surface area contributed by atoms with Crippen LogP contribution in [0.3, 0.4) is 0 Å². The van der Waals surface area contributed by atoms with Crippen LogP contribution in [0.4, 0.5) is 24.5 Å². The van der Waals surface area contributed by atoms with Gasteiger partial charge in [0.2, 0.25) is 5.91 Å². The number of halogens is 4. The third kappa shape index (κ3) is 6.86. The number of hydrogen-bond donors (Lipinski definition) is 2.